The Hall–Kier alpha value is -2.77. The average Bonchev–Trinajstić information content (AvgIpc) is 2.81. The number of carbonyl (C=O) groups excluding carboxylic acids is 1. The Morgan fingerprint density at radius 1 is 1.44 bits per heavy atom. The zero-order chi connectivity index (χ0) is 13.1. The molecule has 0 aliphatic carbocycles. The van der Waals surface area contributed by atoms with E-state index in [1.165, 1.54) is 12.3 Å². The zero-order valence-electron chi connectivity index (χ0n) is 8.85. The first kappa shape index (κ1) is 11.7. The molecule has 0 fully saturated rings. The van der Waals surface area contributed by atoms with Gasteiger partial charge in [-0.1, -0.05) is 0 Å². The van der Waals surface area contributed by atoms with Gasteiger partial charge in [0.05, 0.1) is 18.2 Å². The molecule has 0 aromatic carbocycles. The van der Waals surface area contributed by atoms with Crippen LogP contribution in [-0.4, -0.2) is 31.9 Å². The van der Waals surface area contributed by atoms with E-state index in [9.17, 15) is 14.0 Å². The molecule has 2 aromatic heterocycles. The number of carboxylic acid groups (broad SMARTS) is 1. The number of carbonyl (C=O) groups is 2. The molecule has 1 amide bonds. The van der Waals surface area contributed by atoms with Crippen molar-refractivity contribution in [2.75, 3.05) is 5.32 Å². The van der Waals surface area contributed by atoms with E-state index < -0.39 is 17.7 Å². The third kappa shape index (κ3) is 2.17. The summed E-state index contributed by atoms with van der Waals surface area (Å²) in [5.41, 5.74) is -0.782. The molecule has 2 heterocycles. The van der Waals surface area contributed by atoms with Gasteiger partial charge in [0.25, 0.3) is 5.91 Å². The van der Waals surface area contributed by atoms with Gasteiger partial charge in [-0.25, -0.2) is 14.2 Å². The van der Waals surface area contributed by atoms with Crippen molar-refractivity contribution in [3.8, 4) is 0 Å². The lowest BCUT2D eigenvalue weighted by Crippen LogP contribution is -2.17. The fourth-order valence-electron chi connectivity index (χ4n) is 1.29. The van der Waals surface area contributed by atoms with Crippen molar-refractivity contribution < 1.29 is 19.1 Å². The van der Waals surface area contributed by atoms with Crippen molar-refractivity contribution in [2.45, 2.75) is 0 Å². The fourth-order valence-corrected chi connectivity index (χ4v) is 1.29. The lowest BCUT2D eigenvalue weighted by Gasteiger charge is -2.04. The average molecular weight is 250 g/mol. The summed E-state index contributed by atoms with van der Waals surface area (Å²) in [4.78, 5) is 31.9. The standard InChI is InChI=1S/C10H7FN4O3/c11-5-3-12-2-1-6(5)15-9(16)7-8(10(17)18)14-4-13-7/h1-4H,(H,13,14)(H,17,18)(H,12,15,16). The number of anilines is 1. The molecular formula is C10H7FN4O3. The van der Waals surface area contributed by atoms with Crippen LogP contribution in [0.15, 0.2) is 24.8 Å². The van der Waals surface area contributed by atoms with Gasteiger partial charge in [0.2, 0.25) is 0 Å². The molecule has 2 rings (SSSR count). The van der Waals surface area contributed by atoms with Crippen LogP contribution < -0.4 is 5.32 Å². The van der Waals surface area contributed by atoms with E-state index in [1.54, 1.807) is 0 Å². The number of rotatable bonds is 3. The number of nitrogens with zero attached hydrogens (tertiary/aromatic N) is 2. The Labute approximate surface area is 99.7 Å². The van der Waals surface area contributed by atoms with Crippen LogP contribution in [0.1, 0.15) is 21.0 Å². The van der Waals surface area contributed by atoms with Crippen LogP contribution in [0.3, 0.4) is 0 Å². The molecule has 8 heteroatoms. The quantitative estimate of drug-likeness (QED) is 0.749. The van der Waals surface area contributed by atoms with Crippen LogP contribution >= 0.6 is 0 Å². The van der Waals surface area contributed by atoms with E-state index in [4.69, 9.17) is 5.11 Å². The van der Waals surface area contributed by atoms with Gasteiger partial charge in [0.1, 0.15) is 0 Å². The number of hydrogen-bond acceptors (Lipinski definition) is 4. The lowest BCUT2D eigenvalue weighted by molar-refractivity contribution is 0.0686. The first-order valence-electron chi connectivity index (χ1n) is 4.77. The number of nitrogens with one attached hydrogen (secondary N) is 2. The van der Waals surface area contributed by atoms with Crippen LogP contribution in [0.4, 0.5) is 10.1 Å². The largest absolute Gasteiger partial charge is 0.477 e. The van der Waals surface area contributed by atoms with Gasteiger partial charge in [-0.3, -0.25) is 9.78 Å². The molecule has 7 nitrogen and oxygen atoms in total. The van der Waals surface area contributed by atoms with Crippen molar-refractivity contribution in [2.24, 2.45) is 0 Å². The number of hydrogen-bond donors (Lipinski definition) is 3. The van der Waals surface area contributed by atoms with Gasteiger partial charge >= 0.3 is 5.97 Å². The molecular weight excluding hydrogens is 243 g/mol. The van der Waals surface area contributed by atoms with Crippen molar-refractivity contribution in [3.05, 3.63) is 42.0 Å². The summed E-state index contributed by atoms with van der Waals surface area (Å²) in [6.07, 6.45) is 3.29. The molecule has 0 saturated carbocycles. The maximum atomic E-state index is 13.2. The summed E-state index contributed by atoms with van der Waals surface area (Å²) in [6, 6.07) is 1.25. The second-order valence-corrected chi connectivity index (χ2v) is 3.24. The first-order chi connectivity index (χ1) is 8.59. The summed E-state index contributed by atoms with van der Waals surface area (Å²) in [5, 5.41) is 11.0. The van der Waals surface area contributed by atoms with Gasteiger partial charge in [0, 0.05) is 6.20 Å². The minimum absolute atomic E-state index is 0.102. The third-order valence-electron chi connectivity index (χ3n) is 2.09. The number of amides is 1. The van der Waals surface area contributed by atoms with Gasteiger partial charge in [-0.2, -0.15) is 0 Å². The molecule has 2 aromatic rings. The minimum atomic E-state index is -1.33. The minimum Gasteiger partial charge on any atom is -0.477 e. The number of carboxylic acids is 1. The Balaban J connectivity index is 2.25. The SMILES string of the molecule is O=C(Nc1ccncc1F)c1nc[nH]c1C(=O)O. The molecule has 0 atom stereocenters. The number of aromatic carboxylic acids is 1. The van der Waals surface area contributed by atoms with Crippen LogP contribution in [0.25, 0.3) is 0 Å². The van der Waals surface area contributed by atoms with Crippen LogP contribution in [-0.2, 0) is 0 Å². The smallest absolute Gasteiger partial charge is 0.354 e. The number of aromatic nitrogens is 3. The normalized spacial score (nSPS) is 10.1. The van der Waals surface area contributed by atoms with E-state index in [2.05, 4.69) is 20.3 Å². The van der Waals surface area contributed by atoms with Crippen LogP contribution in [0, 0.1) is 5.82 Å². The van der Waals surface area contributed by atoms with Crippen LogP contribution in [0.5, 0.6) is 0 Å². The Morgan fingerprint density at radius 2 is 2.22 bits per heavy atom. The summed E-state index contributed by atoms with van der Waals surface area (Å²) >= 11 is 0. The number of imidazole rings is 1. The predicted octanol–water partition coefficient (Wildman–Crippen LogP) is 0.894. The lowest BCUT2D eigenvalue weighted by atomic mass is 10.3. The number of H-pyrrole nitrogens is 1. The zero-order valence-corrected chi connectivity index (χ0v) is 8.85. The molecule has 3 N–H and O–H groups in total. The molecule has 0 unspecified atom stereocenters. The summed E-state index contributed by atoms with van der Waals surface area (Å²) in [5.74, 6) is -2.87. The van der Waals surface area contributed by atoms with Crippen molar-refractivity contribution in [1.82, 2.24) is 15.0 Å². The number of aromatic amines is 1. The van der Waals surface area contributed by atoms with E-state index in [0.717, 1.165) is 12.5 Å². The Bertz CT molecular complexity index is 611. The van der Waals surface area contributed by atoms with Crippen molar-refractivity contribution in [1.29, 1.82) is 0 Å². The second kappa shape index (κ2) is 4.62. The third-order valence-corrected chi connectivity index (χ3v) is 2.09. The molecule has 18 heavy (non-hydrogen) atoms. The predicted molar refractivity (Wildman–Crippen MR) is 57.7 cm³/mol. The Morgan fingerprint density at radius 3 is 2.89 bits per heavy atom. The summed E-state index contributed by atoms with van der Waals surface area (Å²) < 4.78 is 13.2. The molecule has 0 spiro atoms. The monoisotopic (exact) mass is 250 g/mol. The summed E-state index contributed by atoms with van der Waals surface area (Å²) in [6.45, 7) is 0. The van der Waals surface area contributed by atoms with Gasteiger partial charge in [-0.05, 0) is 6.07 Å². The molecule has 92 valence electrons. The Kier molecular flexibility index (Phi) is 3.00. The highest BCUT2D eigenvalue weighted by molar-refractivity contribution is 6.08. The molecule has 0 bridgehead atoms. The summed E-state index contributed by atoms with van der Waals surface area (Å²) in [7, 11) is 0. The molecule has 0 saturated heterocycles. The maximum absolute atomic E-state index is 13.2. The molecule has 0 aliphatic heterocycles. The maximum Gasteiger partial charge on any atom is 0.354 e. The molecule has 0 aliphatic rings. The topological polar surface area (TPSA) is 108 Å². The van der Waals surface area contributed by atoms with E-state index in [-0.39, 0.29) is 17.1 Å². The van der Waals surface area contributed by atoms with E-state index >= 15 is 0 Å². The highest BCUT2D eigenvalue weighted by atomic mass is 19.1. The van der Waals surface area contributed by atoms with Crippen molar-refractivity contribution in [3.63, 3.8) is 0 Å². The van der Waals surface area contributed by atoms with Crippen LogP contribution in [0.2, 0.25) is 0 Å². The second-order valence-electron chi connectivity index (χ2n) is 3.24. The number of pyridine rings is 1. The van der Waals surface area contributed by atoms with Crippen molar-refractivity contribution >= 4 is 17.6 Å². The number of halogens is 1. The van der Waals surface area contributed by atoms with E-state index in [1.807, 2.05) is 0 Å². The highest BCUT2D eigenvalue weighted by Crippen LogP contribution is 2.13. The first-order valence-corrected chi connectivity index (χ1v) is 4.77. The van der Waals surface area contributed by atoms with Gasteiger partial charge < -0.3 is 15.4 Å². The van der Waals surface area contributed by atoms with Gasteiger partial charge in [0.15, 0.2) is 17.2 Å². The molecule has 0 radical (unpaired) electrons. The fraction of sp³-hybridized carbons (Fsp3) is 0. The van der Waals surface area contributed by atoms with Gasteiger partial charge in [-0.15, -0.1) is 0 Å². The highest BCUT2D eigenvalue weighted by Gasteiger charge is 2.20. The van der Waals surface area contributed by atoms with E-state index in [0.29, 0.717) is 0 Å².